The maximum absolute atomic E-state index is 12.3. The fourth-order valence-electron chi connectivity index (χ4n) is 2.49. The lowest BCUT2D eigenvalue weighted by Gasteiger charge is -2.24. The highest BCUT2D eigenvalue weighted by Gasteiger charge is 2.20. The molecule has 0 atom stereocenters. The predicted molar refractivity (Wildman–Crippen MR) is 80.6 cm³/mol. The third-order valence-electron chi connectivity index (χ3n) is 3.86. The molecule has 1 aromatic rings. The third kappa shape index (κ3) is 3.81. The van der Waals surface area contributed by atoms with Crippen LogP contribution in [0, 0.1) is 13.8 Å². The fraction of sp³-hybridized carbons (Fsp3) is 0.500. The van der Waals surface area contributed by atoms with Gasteiger partial charge in [0, 0.05) is 11.6 Å². The molecular formula is C14H21N3O3S. The number of carbonyl (C=O) groups is 1. The lowest BCUT2D eigenvalue weighted by molar-refractivity contribution is 0.0929. The Morgan fingerprint density at radius 1 is 1.29 bits per heavy atom. The SMILES string of the molecule is Cc1cc(C(=O)NC2CCNCC2)cc(S(N)(=O)=O)c1C. The first-order valence-corrected chi connectivity index (χ1v) is 8.49. The Kier molecular flexibility index (Phi) is 4.65. The zero-order valence-electron chi connectivity index (χ0n) is 12.3. The predicted octanol–water partition coefficient (Wildman–Crippen LogP) is 0.433. The second-order valence-electron chi connectivity index (χ2n) is 5.46. The van der Waals surface area contributed by atoms with Gasteiger partial charge in [0.2, 0.25) is 10.0 Å². The van der Waals surface area contributed by atoms with Crippen molar-refractivity contribution >= 4 is 15.9 Å². The van der Waals surface area contributed by atoms with E-state index in [0.717, 1.165) is 31.5 Å². The van der Waals surface area contributed by atoms with Crippen molar-refractivity contribution in [3.8, 4) is 0 Å². The van der Waals surface area contributed by atoms with Crippen molar-refractivity contribution in [1.29, 1.82) is 0 Å². The van der Waals surface area contributed by atoms with Gasteiger partial charge in [-0.15, -0.1) is 0 Å². The average molecular weight is 311 g/mol. The van der Waals surface area contributed by atoms with E-state index in [-0.39, 0.29) is 16.8 Å². The molecule has 1 heterocycles. The number of nitrogens with two attached hydrogens (primary N) is 1. The maximum atomic E-state index is 12.3. The van der Waals surface area contributed by atoms with E-state index in [1.165, 1.54) is 6.07 Å². The molecule has 21 heavy (non-hydrogen) atoms. The number of amides is 1. The van der Waals surface area contributed by atoms with Crippen molar-refractivity contribution in [1.82, 2.24) is 10.6 Å². The van der Waals surface area contributed by atoms with Crippen LogP contribution in [0.3, 0.4) is 0 Å². The monoisotopic (exact) mass is 311 g/mol. The van der Waals surface area contributed by atoms with Gasteiger partial charge >= 0.3 is 0 Å². The topological polar surface area (TPSA) is 101 Å². The Bertz CT molecular complexity index is 650. The van der Waals surface area contributed by atoms with Crippen LogP contribution in [0.25, 0.3) is 0 Å². The molecule has 4 N–H and O–H groups in total. The summed E-state index contributed by atoms with van der Waals surface area (Å²) in [7, 11) is -3.84. The first-order valence-electron chi connectivity index (χ1n) is 6.94. The van der Waals surface area contributed by atoms with Crippen molar-refractivity contribution in [2.45, 2.75) is 37.6 Å². The molecule has 116 valence electrons. The van der Waals surface area contributed by atoms with Gasteiger partial charge in [-0.3, -0.25) is 4.79 Å². The Morgan fingerprint density at radius 3 is 2.48 bits per heavy atom. The van der Waals surface area contributed by atoms with Gasteiger partial charge in [0.25, 0.3) is 5.91 Å². The molecule has 0 saturated carbocycles. The first-order chi connectivity index (χ1) is 9.79. The van der Waals surface area contributed by atoms with Crippen molar-refractivity contribution < 1.29 is 13.2 Å². The number of rotatable bonds is 3. The van der Waals surface area contributed by atoms with Gasteiger partial charge in [-0.05, 0) is 63.0 Å². The molecule has 0 bridgehead atoms. The maximum Gasteiger partial charge on any atom is 0.251 e. The summed E-state index contributed by atoms with van der Waals surface area (Å²) in [6, 6.07) is 3.17. The summed E-state index contributed by atoms with van der Waals surface area (Å²) in [5.41, 5.74) is 1.65. The smallest absolute Gasteiger partial charge is 0.251 e. The van der Waals surface area contributed by atoms with E-state index in [1.54, 1.807) is 19.9 Å². The van der Waals surface area contributed by atoms with Crippen LogP contribution in [0.15, 0.2) is 17.0 Å². The van der Waals surface area contributed by atoms with Crippen LogP contribution in [0.5, 0.6) is 0 Å². The van der Waals surface area contributed by atoms with Gasteiger partial charge in [-0.25, -0.2) is 13.6 Å². The number of hydrogen-bond acceptors (Lipinski definition) is 4. The zero-order chi connectivity index (χ0) is 15.6. The summed E-state index contributed by atoms with van der Waals surface area (Å²) in [4.78, 5) is 12.3. The molecular weight excluding hydrogens is 290 g/mol. The molecule has 0 unspecified atom stereocenters. The number of sulfonamides is 1. The quantitative estimate of drug-likeness (QED) is 0.753. The van der Waals surface area contributed by atoms with Crippen LogP contribution in [0.2, 0.25) is 0 Å². The molecule has 0 aliphatic carbocycles. The van der Waals surface area contributed by atoms with Crippen LogP contribution in [0.4, 0.5) is 0 Å². The van der Waals surface area contributed by atoms with Crippen LogP contribution >= 0.6 is 0 Å². The average Bonchev–Trinajstić information content (AvgIpc) is 2.41. The summed E-state index contributed by atoms with van der Waals surface area (Å²) < 4.78 is 23.2. The van der Waals surface area contributed by atoms with Crippen LogP contribution < -0.4 is 15.8 Å². The van der Waals surface area contributed by atoms with Gasteiger partial charge < -0.3 is 10.6 Å². The van der Waals surface area contributed by atoms with Crippen LogP contribution in [-0.2, 0) is 10.0 Å². The van der Waals surface area contributed by atoms with Crippen molar-refractivity contribution in [2.24, 2.45) is 5.14 Å². The highest BCUT2D eigenvalue weighted by atomic mass is 32.2. The van der Waals surface area contributed by atoms with Gasteiger partial charge in [0.05, 0.1) is 4.90 Å². The molecule has 1 fully saturated rings. The first kappa shape index (κ1) is 15.9. The minimum atomic E-state index is -3.84. The highest BCUT2D eigenvalue weighted by Crippen LogP contribution is 2.20. The van der Waals surface area contributed by atoms with E-state index in [9.17, 15) is 13.2 Å². The van der Waals surface area contributed by atoms with Gasteiger partial charge in [-0.1, -0.05) is 0 Å². The Hall–Kier alpha value is -1.44. The lowest BCUT2D eigenvalue weighted by atomic mass is 10.0. The number of aryl methyl sites for hydroxylation is 1. The van der Waals surface area contributed by atoms with Crippen molar-refractivity contribution in [3.63, 3.8) is 0 Å². The summed E-state index contributed by atoms with van der Waals surface area (Å²) in [6.07, 6.45) is 1.75. The second kappa shape index (κ2) is 6.13. The van der Waals surface area contributed by atoms with E-state index in [2.05, 4.69) is 10.6 Å². The van der Waals surface area contributed by atoms with Crippen LogP contribution in [0.1, 0.15) is 34.3 Å². The summed E-state index contributed by atoms with van der Waals surface area (Å²) in [5.74, 6) is -0.255. The Morgan fingerprint density at radius 2 is 1.90 bits per heavy atom. The number of piperidine rings is 1. The van der Waals surface area contributed by atoms with E-state index >= 15 is 0 Å². The lowest BCUT2D eigenvalue weighted by Crippen LogP contribution is -2.42. The molecule has 1 aliphatic rings. The number of hydrogen-bond donors (Lipinski definition) is 3. The molecule has 0 aromatic heterocycles. The van der Waals surface area contributed by atoms with Crippen molar-refractivity contribution in [3.05, 3.63) is 28.8 Å². The number of benzene rings is 1. The summed E-state index contributed by atoms with van der Waals surface area (Å²) in [5, 5.41) is 11.4. The number of nitrogens with one attached hydrogen (secondary N) is 2. The standard InChI is InChI=1S/C14H21N3O3S/c1-9-7-11(8-13(10(9)2)21(15,19)20)14(18)17-12-3-5-16-6-4-12/h7-8,12,16H,3-6H2,1-2H3,(H,17,18)(H2,15,19,20). The van der Waals surface area contributed by atoms with E-state index in [4.69, 9.17) is 5.14 Å². The Balaban J connectivity index is 2.27. The van der Waals surface area contributed by atoms with E-state index in [1.807, 2.05) is 0 Å². The molecule has 6 nitrogen and oxygen atoms in total. The van der Waals surface area contributed by atoms with Crippen LogP contribution in [-0.4, -0.2) is 33.5 Å². The van der Waals surface area contributed by atoms with Crippen molar-refractivity contribution in [2.75, 3.05) is 13.1 Å². The molecule has 2 rings (SSSR count). The summed E-state index contributed by atoms with van der Waals surface area (Å²) >= 11 is 0. The third-order valence-corrected chi connectivity index (χ3v) is 4.90. The largest absolute Gasteiger partial charge is 0.349 e. The molecule has 1 amide bonds. The van der Waals surface area contributed by atoms with Gasteiger partial charge in [0.15, 0.2) is 0 Å². The molecule has 0 radical (unpaired) electrons. The van der Waals surface area contributed by atoms with E-state index < -0.39 is 10.0 Å². The zero-order valence-corrected chi connectivity index (χ0v) is 13.1. The van der Waals surface area contributed by atoms with Gasteiger partial charge in [0.1, 0.15) is 0 Å². The number of carbonyl (C=O) groups excluding carboxylic acids is 1. The second-order valence-corrected chi connectivity index (χ2v) is 6.99. The summed E-state index contributed by atoms with van der Waals surface area (Å²) in [6.45, 7) is 5.20. The molecule has 1 aliphatic heterocycles. The van der Waals surface area contributed by atoms with Gasteiger partial charge in [-0.2, -0.15) is 0 Å². The molecule has 1 aromatic carbocycles. The Labute approximate surface area is 125 Å². The highest BCUT2D eigenvalue weighted by molar-refractivity contribution is 7.89. The fourth-order valence-corrected chi connectivity index (χ4v) is 3.37. The number of primary sulfonamides is 1. The van der Waals surface area contributed by atoms with E-state index in [0.29, 0.717) is 11.1 Å². The molecule has 0 spiro atoms. The normalized spacial score (nSPS) is 16.7. The minimum absolute atomic E-state index is 0.0120. The minimum Gasteiger partial charge on any atom is -0.349 e. The molecule has 1 saturated heterocycles. The molecule has 7 heteroatoms.